The number of fused-ring (bicyclic) bond motifs is 5. The molecule has 1 aromatic rings. The molecule has 0 unspecified atom stereocenters. The van der Waals surface area contributed by atoms with Crippen molar-refractivity contribution in [3.8, 4) is 6.07 Å². The predicted molar refractivity (Wildman–Crippen MR) is 122 cm³/mol. The van der Waals surface area contributed by atoms with Crippen molar-refractivity contribution in [2.24, 2.45) is 52.8 Å². The Morgan fingerprint density at radius 3 is 2.71 bits per heavy atom. The minimum atomic E-state index is -0.420. The molecule has 0 amide bonds. The van der Waals surface area contributed by atoms with Crippen LogP contribution in [0.2, 0.25) is 0 Å². The summed E-state index contributed by atoms with van der Waals surface area (Å²) in [7, 11) is 0. The Hall–Kier alpha value is -1.34. The highest BCUT2D eigenvalue weighted by atomic mass is 16.3. The standard InChI is InChI=1S/C27H41N3O/c1-17-11-24(18(2)15-30-16-19(13-28)14-29-30)27(4)10-8-22-21-7-9-26(3,31)12-20(21)5-6-23(22)25(17)27/h14,16-18,20-25,31H,5-12,15H2,1-4H3/t17-,18-,20-,21+,22-,23-,24-,25+,26-,27-/m1/s1. The van der Waals surface area contributed by atoms with E-state index in [1.807, 2.05) is 10.9 Å². The first-order valence-corrected chi connectivity index (χ1v) is 12.9. The van der Waals surface area contributed by atoms with Crippen LogP contribution >= 0.6 is 0 Å². The summed E-state index contributed by atoms with van der Waals surface area (Å²) in [4.78, 5) is 0. The molecule has 1 heterocycles. The topological polar surface area (TPSA) is 61.8 Å². The molecule has 170 valence electrons. The van der Waals surface area contributed by atoms with Crippen LogP contribution in [-0.4, -0.2) is 20.5 Å². The summed E-state index contributed by atoms with van der Waals surface area (Å²) in [5.74, 6) is 6.40. The Morgan fingerprint density at radius 1 is 1.19 bits per heavy atom. The average molecular weight is 424 g/mol. The van der Waals surface area contributed by atoms with Crippen LogP contribution in [0.3, 0.4) is 0 Å². The molecule has 4 heteroatoms. The fourth-order valence-corrected chi connectivity index (χ4v) is 9.50. The first-order valence-electron chi connectivity index (χ1n) is 12.9. The van der Waals surface area contributed by atoms with Crippen LogP contribution in [0.4, 0.5) is 0 Å². The maximum atomic E-state index is 10.7. The number of nitriles is 1. The van der Waals surface area contributed by atoms with Gasteiger partial charge in [0.05, 0.1) is 17.4 Å². The van der Waals surface area contributed by atoms with Gasteiger partial charge in [-0.2, -0.15) is 10.4 Å². The molecule has 1 aromatic heterocycles. The van der Waals surface area contributed by atoms with Gasteiger partial charge in [0.1, 0.15) is 6.07 Å². The first-order chi connectivity index (χ1) is 14.7. The molecule has 0 aromatic carbocycles. The van der Waals surface area contributed by atoms with Gasteiger partial charge in [-0.05, 0) is 111 Å². The van der Waals surface area contributed by atoms with Crippen molar-refractivity contribution in [1.29, 1.82) is 5.26 Å². The van der Waals surface area contributed by atoms with Gasteiger partial charge in [-0.15, -0.1) is 0 Å². The van der Waals surface area contributed by atoms with Crippen LogP contribution in [-0.2, 0) is 6.54 Å². The lowest BCUT2D eigenvalue weighted by atomic mass is 9.48. The molecule has 0 saturated heterocycles. The molecule has 10 atom stereocenters. The van der Waals surface area contributed by atoms with Crippen molar-refractivity contribution in [3.05, 3.63) is 18.0 Å². The van der Waals surface area contributed by atoms with E-state index in [4.69, 9.17) is 5.26 Å². The molecule has 4 fully saturated rings. The molecular formula is C27H41N3O. The van der Waals surface area contributed by atoms with Crippen molar-refractivity contribution >= 4 is 0 Å². The number of aromatic nitrogens is 2. The molecule has 5 rings (SSSR count). The summed E-state index contributed by atoms with van der Waals surface area (Å²) in [5, 5.41) is 24.2. The number of rotatable bonds is 3. The third-order valence-electron chi connectivity index (χ3n) is 10.5. The van der Waals surface area contributed by atoms with Gasteiger partial charge in [0, 0.05) is 12.7 Å². The van der Waals surface area contributed by atoms with Crippen molar-refractivity contribution in [2.75, 3.05) is 0 Å². The zero-order valence-electron chi connectivity index (χ0n) is 19.9. The molecule has 4 saturated carbocycles. The Bertz CT molecular complexity index is 853. The molecule has 31 heavy (non-hydrogen) atoms. The lowest BCUT2D eigenvalue weighted by Gasteiger charge is -2.58. The van der Waals surface area contributed by atoms with Crippen molar-refractivity contribution in [1.82, 2.24) is 9.78 Å². The SMILES string of the molecule is C[C@@H]1C[C@H]([C@H](C)Cn2cc(C#N)cn2)[C@@]2(C)CC[C@H]3[C@@H](CC[C@@H]4C[C@](C)(O)CC[C@@H]43)[C@H]12. The molecule has 4 aliphatic rings. The van der Waals surface area contributed by atoms with Gasteiger partial charge in [0.25, 0.3) is 0 Å². The van der Waals surface area contributed by atoms with Gasteiger partial charge in [-0.1, -0.05) is 20.8 Å². The van der Waals surface area contributed by atoms with Gasteiger partial charge in [0.15, 0.2) is 0 Å². The van der Waals surface area contributed by atoms with Gasteiger partial charge >= 0.3 is 0 Å². The quantitative estimate of drug-likeness (QED) is 0.682. The lowest BCUT2D eigenvalue weighted by Crippen LogP contribution is -2.51. The van der Waals surface area contributed by atoms with Gasteiger partial charge in [-0.3, -0.25) is 4.68 Å². The highest BCUT2D eigenvalue weighted by Gasteiger charge is 2.60. The van der Waals surface area contributed by atoms with Gasteiger partial charge < -0.3 is 5.11 Å². The summed E-state index contributed by atoms with van der Waals surface area (Å²) in [6, 6.07) is 2.21. The minimum absolute atomic E-state index is 0.420. The highest BCUT2D eigenvalue weighted by Crippen LogP contribution is 2.67. The van der Waals surface area contributed by atoms with Crippen molar-refractivity contribution in [2.45, 2.75) is 91.2 Å². The summed E-state index contributed by atoms with van der Waals surface area (Å²) in [6.45, 7) is 10.6. The van der Waals surface area contributed by atoms with Gasteiger partial charge in [-0.25, -0.2) is 0 Å². The normalized spacial score (nSPS) is 47.7. The molecule has 1 N–H and O–H groups in total. The molecule has 0 radical (unpaired) electrons. The first kappa shape index (κ1) is 21.5. The van der Waals surface area contributed by atoms with Crippen molar-refractivity contribution < 1.29 is 5.11 Å². The van der Waals surface area contributed by atoms with E-state index in [9.17, 15) is 5.11 Å². The van der Waals surface area contributed by atoms with E-state index in [-0.39, 0.29) is 0 Å². The molecule has 0 spiro atoms. The molecular weight excluding hydrogens is 382 g/mol. The second-order valence-electron chi connectivity index (χ2n) is 12.5. The Kier molecular flexibility index (Phi) is 5.28. The second kappa shape index (κ2) is 7.62. The maximum Gasteiger partial charge on any atom is 0.102 e. The number of nitrogens with zero attached hydrogens (tertiary/aromatic N) is 3. The monoisotopic (exact) mass is 423 g/mol. The molecule has 0 bridgehead atoms. The third-order valence-corrected chi connectivity index (χ3v) is 10.5. The van der Waals surface area contributed by atoms with E-state index in [0.29, 0.717) is 16.9 Å². The van der Waals surface area contributed by atoms with E-state index in [1.54, 1.807) is 6.20 Å². The van der Waals surface area contributed by atoms with Crippen LogP contribution in [0.1, 0.15) is 84.6 Å². The zero-order valence-corrected chi connectivity index (χ0v) is 19.9. The van der Waals surface area contributed by atoms with Crippen LogP contribution in [0.15, 0.2) is 12.4 Å². The Morgan fingerprint density at radius 2 is 1.97 bits per heavy atom. The third kappa shape index (κ3) is 3.56. The summed E-state index contributed by atoms with van der Waals surface area (Å²) >= 11 is 0. The number of aliphatic hydroxyl groups is 1. The summed E-state index contributed by atoms with van der Waals surface area (Å²) in [6.07, 6.45) is 13.7. The Balaban J connectivity index is 1.34. The largest absolute Gasteiger partial charge is 0.390 e. The van der Waals surface area contributed by atoms with E-state index in [1.165, 1.54) is 38.5 Å². The van der Waals surface area contributed by atoms with Crippen LogP contribution in [0, 0.1) is 64.1 Å². The zero-order chi connectivity index (χ0) is 22.0. The molecule has 0 aliphatic heterocycles. The van der Waals surface area contributed by atoms with E-state index < -0.39 is 5.60 Å². The Labute approximate surface area is 188 Å². The van der Waals surface area contributed by atoms with Crippen molar-refractivity contribution in [3.63, 3.8) is 0 Å². The summed E-state index contributed by atoms with van der Waals surface area (Å²) in [5.41, 5.74) is 0.689. The van der Waals surface area contributed by atoms with Crippen LogP contribution < -0.4 is 0 Å². The lowest BCUT2D eigenvalue weighted by molar-refractivity contribution is -0.108. The highest BCUT2D eigenvalue weighted by molar-refractivity contribution is 5.21. The number of hydrogen-bond acceptors (Lipinski definition) is 3. The smallest absolute Gasteiger partial charge is 0.102 e. The predicted octanol–water partition coefficient (Wildman–Crippen LogP) is 5.66. The second-order valence-corrected chi connectivity index (χ2v) is 12.5. The fraction of sp³-hybridized carbons (Fsp3) is 0.852. The fourth-order valence-electron chi connectivity index (χ4n) is 9.50. The number of hydrogen-bond donors (Lipinski definition) is 1. The maximum absolute atomic E-state index is 10.7. The van der Waals surface area contributed by atoms with E-state index >= 15 is 0 Å². The van der Waals surface area contributed by atoms with E-state index in [2.05, 4.69) is 38.9 Å². The van der Waals surface area contributed by atoms with E-state index in [0.717, 1.165) is 60.8 Å². The summed E-state index contributed by atoms with van der Waals surface area (Å²) < 4.78 is 2.00. The average Bonchev–Trinajstić information content (AvgIpc) is 3.28. The molecule has 4 aliphatic carbocycles. The molecule has 4 nitrogen and oxygen atoms in total. The minimum Gasteiger partial charge on any atom is -0.390 e. The van der Waals surface area contributed by atoms with Crippen LogP contribution in [0.25, 0.3) is 0 Å². The van der Waals surface area contributed by atoms with Gasteiger partial charge in [0.2, 0.25) is 0 Å². The van der Waals surface area contributed by atoms with Crippen LogP contribution in [0.5, 0.6) is 0 Å².